The van der Waals surface area contributed by atoms with E-state index in [2.05, 4.69) is 11.5 Å². The monoisotopic (exact) mass is 191 g/mol. The van der Waals surface area contributed by atoms with E-state index in [9.17, 15) is 0 Å². The molecular formula is C10H13N3O. The van der Waals surface area contributed by atoms with Crippen molar-refractivity contribution in [2.45, 2.75) is 12.5 Å². The van der Waals surface area contributed by atoms with Crippen molar-refractivity contribution in [2.24, 2.45) is 5.84 Å². The Kier molecular flexibility index (Phi) is 3.92. The molecule has 0 aromatic heterocycles. The van der Waals surface area contributed by atoms with Crippen molar-refractivity contribution in [2.75, 3.05) is 7.11 Å². The average Bonchev–Trinajstić information content (AvgIpc) is 2.26. The van der Waals surface area contributed by atoms with Crippen LogP contribution in [0.1, 0.15) is 18.0 Å². The number of methoxy groups -OCH3 is 1. The number of benzene rings is 1. The van der Waals surface area contributed by atoms with Crippen LogP contribution in [0.2, 0.25) is 0 Å². The number of nitrogens with zero attached hydrogens (tertiary/aromatic N) is 1. The average molecular weight is 191 g/mol. The number of hydrogen-bond donors (Lipinski definition) is 2. The third-order valence-electron chi connectivity index (χ3n) is 2.01. The molecular weight excluding hydrogens is 178 g/mol. The van der Waals surface area contributed by atoms with Crippen molar-refractivity contribution in [3.05, 3.63) is 29.8 Å². The van der Waals surface area contributed by atoms with Crippen LogP contribution in [0.5, 0.6) is 5.75 Å². The summed E-state index contributed by atoms with van der Waals surface area (Å²) < 4.78 is 5.03. The Labute approximate surface area is 83.3 Å². The Bertz CT molecular complexity index is 315. The molecule has 0 aliphatic heterocycles. The molecule has 0 fully saturated rings. The zero-order valence-corrected chi connectivity index (χ0v) is 8.03. The Hall–Kier alpha value is -1.57. The normalized spacial score (nSPS) is 11.8. The maximum atomic E-state index is 8.56. The number of nitriles is 1. The van der Waals surface area contributed by atoms with Crippen LogP contribution in [0, 0.1) is 11.3 Å². The molecule has 1 atom stereocenters. The largest absolute Gasteiger partial charge is 0.497 e. The van der Waals surface area contributed by atoms with Gasteiger partial charge in [0.1, 0.15) is 5.75 Å². The van der Waals surface area contributed by atoms with Gasteiger partial charge in [0.2, 0.25) is 0 Å². The van der Waals surface area contributed by atoms with Gasteiger partial charge in [-0.1, -0.05) is 12.1 Å². The standard InChI is InChI=1S/C10H13N3O/c1-14-9-4-2-8(3-5-9)10(13-12)6-7-11/h2-5,10,13H,6,12H2,1H3. The maximum absolute atomic E-state index is 8.56. The van der Waals surface area contributed by atoms with Gasteiger partial charge in [0.15, 0.2) is 0 Å². The molecule has 1 aromatic carbocycles. The lowest BCUT2D eigenvalue weighted by molar-refractivity contribution is 0.414. The van der Waals surface area contributed by atoms with Gasteiger partial charge in [-0.3, -0.25) is 11.3 Å². The van der Waals surface area contributed by atoms with E-state index in [1.807, 2.05) is 24.3 Å². The molecule has 4 heteroatoms. The quantitative estimate of drug-likeness (QED) is 0.552. The number of hydrazine groups is 1. The fourth-order valence-corrected chi connectivity index (χ4v) is 1.20. The Morgan fingerprint density at radius 2 is 2.14 bits per heavy atom. The van der Waals surface area contributed by atoms with Crippen LogP contribution in [-0.4, -0.2) is 7.11 Å². The summed E-state index contributed by atoms with van der Waals surface area (Å²) in [6, 6.07) is 9.42. The van der Waals surface area contributed by atoms with Crippen LogP contribution in [0.25, 0.3) is 0 Å². The van der Waals surface area contributed by atoms with E-state index in [-0.39, 0.29) is 6.04 Å². The maximum Gasteiger partial charge on any atom is 0.118 e. The highest BCUT2D eigenvalue weighted by molar-refractivity contribution is 5.29. The second-order valence-corrected chi connectivity index (χ2v) is 2.85. The van der Waals surface area contributed by atoms with Crippen LogP contribution >= 0.6 is 0 Å². The first-order valence-electron chi connectivity index (χ1n) is 4.29. The highest BCUT2D eigenvalue weighted by Crippen LogP contribution is 2.18. The second kappa shape index (κ2) is 5.22. The van der Waals surface area contributed by atoms with Crippen molar-refractivity contribution in [3.63, 3.8) is 0 Å². The van der Waals surface area contributed by atoms with E-state index in [0.29, 0.717) is 6.42 Å². The highest BCUT2D eigenvalue weighted by atomic mass is 16.5. The molecule has 14 heavy (non-hydrogen) atoms. The summed E-state index contributed by atoms with van der Waals surface area (Å²) in [7, 11) is 1.61. The van der Waals surface area contributed by atoms with Crippen molar-refractivity contribution in [3.8, 4) is 11.8 Å². The fraction of sp³-hybridized carbons (Fsp3) is 0.300. The molecule has 1 aromatic rings. The number of ether oxygens (including phenoxy) is 1. The van der Waals surface area contributed by atoms with Gasteiger partial charge in [-0.15, -0.1) is 0 Å². The van der Waals surface area contributed by atoms with E-state index in [1.165, 1.54) is 0 Å². The Morgan fingerprint density at radius 1 is 1.50 bits per heavy atom. The summed E-state index contributed by atoms with van der Waals surface area (Å²) in [5.41, 5.74) is 3.57. The summed E-state index contributed by atoms with van der Waals surface area (Å²) in [4.78, 5) is 0. The van der Waals surface area contributed by atoms with Gasteiger partial charge in [-0.25, -0.2) is 0 Å². The van der Waals surface area contributed by atoms with E-state index in [4.69, 9.17) is 15.8 Å². The van der Waals surface area contributed by atoms with Gasteiger partial charge in [-0.05, 0) is 17.7 Å². The molecule has 0 bridgehead atoms. The van der Waals surface area contributed by atoms with Gasteiger partial charge in [0, 0.05) is 0 Å². The number of nitrogens with one attached hydrogen (secondary N) is 1. The van der Waals surface area contributed by atoms with E-state index >= 15 is 0 Å². The lowest BCUT2D eigenvalue weighted by Gasteiger charge is -2.12. The van der Waals surface area contributed by atoms with Crippen molar-refractivity contribution in [1.29, 1.82) is 5.26 Å². The smallest absolute Gasteiger partial charge is 0.118 e. The fourth-order valence-electron chi connectivity index (χ4n) is 1.20. The molecule has 0 aliphatic carbocycles. The van der Waals surface area contributed by atoms with Gasteiger partial charge < -0.3 is 4.74 Å². The van der Waals surface area contributed by atoms with Gasteiger partial charge in [-0.2, -0.15) is 5.26 Å². The lowest BCUT2D eigenvalue weighted by atomic mass is 10.1. The zero-order chi connectivity index (χ0) is 10.4. The minimum absolute atomic E-state index is 0.120. The molecule has 4 nitrogen and oxygen atoms in total. The SMILES string of the molecule is COc1ccc(C(CC#N)NN)cc1. The predicted octanol–water partition coefficient (Wildman–Crippen LogP) is 1.11. The molecule has 0 saturated carbocycles. The lowest BCUT2D eigenvalue weighted by Crippen LogP contribution is -2.27. The van der Waals surface area contributed by atoms with Crippen LogP contribution < -0.4 is 16.0 Å². The predicted molar refractivity (Wildman–Crippen MR) is 53.3 cm³/mol. The molecule has 74 valence electrons. The first-order valence-corrected chi connectivity index (χ1v) is 4.29. The number of nitrogens with two attached hydrogens (primary N) is 1. The summed E-state index contributed by atoms with van der Waals surface area (Å²) in [6.45, 7) is 0. The molecule has 0 saturated heterocycles. The van der Waals surface area contributed by atoms with Gasteiger partial charge >= 0.3 is 0 Å². The third kappa shape index (κ3) is 2.46. The topological polar surface area (TPSA) is 71.1 Å². The third-order valence-corrected chi connectivity index (χ3v) is 2.01. The van der Waals surface area contributed by atoms with Crippen LogP contribution in [0.3, 0.4) is 0 Å². The van der Waals surface area contributed by atoms with Crippen molar-refractivity contribution >= 4 is 0 Å². The minimum atomic E-state index is -0.120. The molecule has 1 unspecified atom stereocenters. The Morgan fingerprint density at radius 3 is 2.57 bits per heavy atom. The Balaban J connectivity index is 2.79. The number of rotatable bonds is 4. The summed E-state index contributed by atoms with van der Waals surface area (Å²) in [5.74, 6) is 6.12. The molecule has 0 spiro atoms. The van der Waals surface area contributed by atoms with E-state index in [0.717, 1.165) is 11.3 Å². The van der Waals surface area contributed by atoms with Gasteiger partial charge in [0.25, 0.3) is 0 Å². The summed E-state index contributed by atoms with van der Waals surface area (Å²) >= 11 is 0. The van der Waals surface area contributed by atoms with Crippen LogP contribution in [0.4, 0.5) is 0 Å². The zero-order valence-electron chi connectivity index (χ0n) is 8.03. The van der Waals surface area contributed by atoms with Crippen LogP contribution in [0.15, 0.2) is 24.3 Å². The summed E-state index contributed by atoms with van der Waals surface area (Å²) in [6.07, 6.45) is 0.350. The van der Waals surface area contributed by atoms with Crippen molar-refractivity contribution < 1.29 is 4.74 Å². The molecule has 1 rings (SSSR count). The molecule has 0 aliphatic rings. The van der Waals surface area contributed by atoms with E-state index < -0.39 is 0 Å². The van der Waals surface area contributed by atoms with Crippen LogP contribution in [-0.2, 0) is 0 Å². The first-order chi connectivity index (χ1) is 6.81. The molecule has 0 heterocycles. The molecule has 0 radical (unpaired) electrons. The minimum Gasteiger partial charge on any atom is -0.497 e. The number of hydrogen-bond acceptors (Lipinski definition) is 4. The van der Waals surface area contributed by atoms with Gasteiger partial charge in [0.05, 0.1) is 25.6 Å². The van der Waals surface area contributed by atoms with E-state index in [1.54, 1.807) is 7.11 Å². The second-order valence-electron chi connectivity index (χ2n) is 2.85. The highest BCUT2D eigenvalue weighted by Gasteiger charge is 2.08. The summed E-state index contributed by atoms with van der Waals surface area (Å²) in [5, 5.41) is 8.56. The van der Waals surface area contributed by atoms with Crippen molar-refractivity contribution in [1.82, 2.24) is 5.43 Å². The molecule has 3 N–H and O–H groups in total. The first kappa shape index (κ1) is 10.5. The molecule has 0 amide bonds.